The van der Waals surface area contributed by atoms with E-state index in [-0.39, 0.29) is 17.5 Å². The van der Waals surface area contributed by atoms with Crippen molar-refractivity contribution in [3.05, 3.63) is 83.2 Å². The molecule has 1 amide bonds. The Bertz CT molecular complexity index is 1050. The van der Waals surface area contributed by atoms with E-state index in [2.05, 4.69) is 0 Å². The molecule has 5 nitrogen and oxygen atoms in total. The predicted molar refractivity (Wildman–Crippen MR) is 115 cm³/mol. The lowest BCUT2D eigenvalue weighted by Crippen LogP contribution is -2.43. The molecule has 0 saturated carbocycles. The van der Waals surface area contributed by atoms with Crippen molar-refractivity contribution in [2.45, 2.75) is 18.9 Å². The third-order valence-electron chi connectivity index (χ3n) is 5.60. The van der Waals surface area contributed by atoms with Crippen LogP contribution < -0.4 is 10.6 Å². The molecule has 0 bridgehead atoms. The van der Waals surface area contributed by atoms with E-state index in [1.54, 1.807) is 6.07 Å². The van der Waals surface area contributed by atoms with Crippen LogP contribution in [-0.4, -0.2) is 36.5 Å². The Balaban J connectivity index is 1.70. The zero-order chi connectivity index (χ0) is 21.1. The lowest BCUT2D eigenvalue weighted by molar-refractivity contribution is -0.127. The molecule has 1 saturated heterocycles. The monoisotopic (exact) mass is 402 g/mol. The van der Waals surface area contributed by atoms with Gasteiger partial charge in [0.15, 0.2) is 0 Å². The number of likely N-dealkylation sites (tertiary alicyclic amines) is 1. The van der Waals surface area contributed by atoms with E-state index in [9.17, 15) is 9.18 Å². The van der Waals surface area contributed by atoms with Gasteiger partial charge in [-0.05, 0) is 43.2 Å². The number of amides is 1. The number of carbonyl (C=O) groups is 1. The molecule has 0 unspecified atom stereocenters. The van der Waals surface area contributed by atoms with Crippen LogP contribution in [0.2, 0.25) is 0 Å². The number of rotatable bonds is 3. The average molecular weight is 402 g/mol. The summed E-state index contributed by atoms with van der Waals surface area (Å²) in [5.41, 5.74) is 8.85. The van der Waals surface area contributed by atoms with E-state index in [4.69, 9.17) is 11.0 Å². The number of halogens is 1. The molecule has 0 atom stereocenters. The van der Waals surface area contributed by atoms with Gasteiger partial charge in [-0.2, -0.15) is 5.26 Å². The van der Waals surface area contributed by atoms with Crippen molar-refractivity contribution in [2.24, 2.45) is 5.73 Å². The second kappa shape index (κ2) is 8.52. The number of piperidine rings is 1. The number of hydrogen-bond donors (Lipinski definition) is 1. The fourth-order valence-electron chi connectivity index (χ4n) is 3.86. The zero-order valence-corrected chi connectivity index (χ0v) is 16.6. The van der Waals surface area contributed by atoms with Crippen LogP contribution in [0.25, 0.3) is 5.70 Å². The third-order valence-corrected chi connectivity index (χ3v) is 5.60. The summed E-state index contributed by atoms with van der Waals surface area (Å²) in [6.45, 7) is 1.79. The first-order valence-corrected chi connectivity index (χ1v) is 10.1. The highest BCUT2D eigenvalue weighted by molar-refractivity contribution is 6.00. The van der Waals surface area contributed by atoms with Crippen LogP contribution in [0.1, 0.15) is 24.0 Å². The third kappa shape index (κ3) is 3.98. The molecule has 4 rings (SSSR count). The van der Waals surface area contributed by atoms with Gasteiger partial charge in [-0.3, -0.25) is 4.79 Å². The Morgan fingerprint density at radius 2 is 1.87 bits per heavy atom. The first kappa shape index (κ1) is 19.9. The number of para-hydroxylation sites is 1. The van der Waals surface area contributed by atoms with Crippen LogP contribution >= 0.6 is 0 Å². The molecule has 2 N–H and O–H groups in total. The molecule has 0 aliphatic carbocycles. The standard InChI is InChI=1S/C24H23FN4O/c25-22-14-17(6-7-19(22)16-26)23-15-18(24(30)28-11-9-20(27)10-12-28)8-13-29(23)21-4-2-1-3-5-21/h1-8,14-15,20H,9-13,27H2. The molecule has 0 radical (unpaired) electrons. The minimum atomic E-state index is -0.573. The highest BCUT2D eigenvalue weighted by Gasteiger charge is 2.26. The number of anilines is 1. The molecule has 30 heavy (non-hydrogen) atoms. The summed E-state index contributed by atoms with van der Waals surface area (Å²) in [5.74, 6) is -0.599. The zero-order valence-electron chi connectivity index (χ0n) is 16.6. The maximum absolute atomic E-state index is 14.3. The Morgan fingerprint density at radius 1 is 1.13 bits per heavy atom. The van der Waals surface area contributed by atoms with Gasteiger partial charge in [-0.1, -0.05) is 30.3 Å². The fraction of sp³-hybridized carbons (Fsp3) is 0.250. The van der Waals surface area contributed by atoms with Gasteiger partial charge in [0, 0.05) is 48.2 Å². The maximum atomic E-state index is 14.3. The van der Waals surface area contributed by atoms with E-state index < -0.39 is 5.82 Å². The maximum Gasteiger partial charge on any atom is 0.253 e. The van der Waals surface area contributed by atoms with Crippen molar-refractivity contribution in [2.75, 3.05) is 24.5 Å². The Labute approximate surface area is 175 Å². The van der Waals surface area contributed by atoms with Gasteiger partial charge in [0.05, 0.1) is 5.56 Å². The van der Waals surface area contributed by atoms with Crippen molar-refractivity contribution in [1.82, 2.24) is 4.90 Å². The van der Waals surface area contributed by atoms with Crippen LogP contribution in [0.3, 0.4) is 0 Å². The molecule has 2 aromatic rings. The van der Waals surface area contributed by atoms with Crippen LogP contribution in [0.15, 0.2) is 66.3 Å². The lowest BCUT2D eigenvalue weighted by Gasteiger charge is -2.33. The highest BCUT2D eigenvalue weighted by Crippen LogP contribution is 2.31. The molecule has 2 heterocycles. The van der Waals surface area contributed by atoms with Crippen molar-refractivity contribution < 1.29 is 9.18 Å². The highest BCUT2D eigenvalue weighted by atomic mass is 19.1. The molecule has 2 aromatic carbocycles. The Hall–Kier alpha value is -3.43. The second-order valence-electron chi connectivity index (χ2n) is 7.57. The van der Waals surface area contributed by atoms with Gasteiger partial charge in [0.25, 0.3) is 5.91 Å². The molecule has 0 spiro atoms. The van der Waals surface area contributed by atoms with Crippen LogP contribution in [0.5, 0.6) is 0 Å². The molecule has 152 valence electrons. The fourth-order valence-corrected chi connectivity index (χ4v) is 3.86. The summed E-state index contributed by atoms with van der Waals surface area (Å²) in [4.78, 5) is 16.9. The summed E-state index contributed by atoms with van der Waals surface area (Å²) in [7, 11) is 0. The predicted octanol–water partition coefficient (Wildman–Crippen LogP) is 3.43. The number of nitrogens with zero attached hydrogens (tertiary/aromatic N) is 3. The average Bonchev–Trinajstić information content (AvgIpc) is 2.79. The Kier molecular flexibility index (Phi) is 5.64. The Morgan fingerprint density at radius 3 is 2.53 bits per heavy atom. The number of carbonyl (C=O) groups excluding carboxylic acids is 1. The SMILES string of the molecule is N#Cc1ccc(C2=CC(C(=O)N3CCC(N)CC3)=CCN2c2ccccc2)cc1F. The first-order valence-electron chi connectivity index (χ1n) is 10.1. The van der Waals surface area contributed by atoms with Crippen molar-refractivity contribution >= 4 is 17.3 Å². The van der Waals surface area contributed by atoms with Crippen LogP contribution in [0.4, 0.5) is 10.1 Å². The van der Waals surface area contributed by atoms with Gasteiger partial charge >= 0.3 is 0 Å². The van der Waals surface area contributed by atoms with E-state index >= 15 is 0 Å². The normalized spacial score (nSPS) is 17.2. The molecular weight excluding hydrogens is 379 g/mol. The minimum Gasteiger partial charge on any atom is -0.339 e. The largest absolute Gasteiger partial charge is 0.339 e. The van der Waals surface area contributed by atoms with Crippen molar-refractivity contribution in [3.8, 4) is 6.07 Å². The van der Waals surface area contributed by atoms with Gasteiger partial charge in [-0.25, -0.2) is 4.39 Å². The van der Waals surface area contributed by atoms with E-state index in [0.717, 1.165) is 24.2 Å². The van der Waals surface area contributed by atoms with Crippen molar-refractivity contribution in [1.29, 1.82) is 5.26 Å². The molecule has 1 fully saturated rings. The van der Waals surface area contributed by atoms with E-state index in [0.29, 0.717) is 30.8 Å². The number of benzene rings is 2. The number of hydrogen-bond acceptors (Lipinski definition) is 4. The molecule has 0 aromatic heterocycles. The van der Waals surface area contributed by atoms with Crippen LogP contribution in [-0.2, 0) is 4.79 Å². The topological polar surface area (TPSA) is 73.4 Å². The van der Waals surface area contributed by atoms with E-state index in [1.165, 1.54) is 12.1 Å². The molecule has 2 aliphatic heterocycles. The first-order chi connectivity index (χ1) is 14.6. The smallest absolute Gasteiger partial charge is 0.253 e. The van der Waals surface area contributed by atoms with Gasteiger partial charge < -0.3 is 15.5 Å². The second-order valence-corrected chi connectivity index (χ2v) is 7.57. The van der Waals surface area contributed by atoms with Gasteiger partial charge in [0.2, 0.25) is 0 Å². The summed E-state index contributed by atoms with van der Waals surface area (Å²) in [6.07, 6.45) is 5.32. The molecule has 2 aliphatic rings. The quantitative estimate of drug-likeness (QED) is 0.854. The number of nitrogens with two attached hydrogens (primary N) is 1. The molecular formula is C24H23FN4O. The molecule has 6 heteroatoms. The summed E-state index contributed by atoms with van der Waals surface area (Å²) >= 11 is 0. The summed E-state index contributed by atoms with van der Waals surface area (Å²) in [6, 6.07) is 16.3. The summed E-state index contributed by atoms with van der Waals surface area (Å²) < 4.78 is 14.3. The van der Waals surface area contributed by atoms with E-state index in [1.807, 2.05) is 58.4 Å². The van der Waals surface area contributed by atoms with Crippen LogP contribution in [0, 0.1) is 17.1 Å². The number of nitriles is 1. The lowest BCUT2D eigenvalue weighted by atomic mass is 9.99. The summed E-state index contributed by atoms with van der Waals surface area (Å²) in [5, 5.41) is 9.04. The van der Waals surface area contributed by atoms with Gasteiger partial charge in [0.1, 0.15) is 11.9 Å². The van der Waals surface area contributed by atoms with Crippen molar-refractivity contribution in [3.63, 3.8) is 0 Å². The van der Waals surface area contributed by atoms with Gasteiger partial charge in [-0.15, -0.1) is 0 Å². The minimum absolute atomic E-state index is 0.00193.